The number of alkyl halides is 3. The second kappa shape index (κ2) is 5.94. The lowest BCUT2D eigenvalue weighted by molar-refractivity contribution is -0.141. The fourth-order valence-electron chi connectivity index (χ4n) is 1.55. The molecule has 0 saturated carbocycles. The summed E-state index contributed by atoms with van der Waals surface area (Å²) in [5.74, 6) is 0. The van der Waals surface area contributed by atoms with Crippen LogP contribution in [0.4, 0.5) is 18.0 Å². The van der Waals surface area contributed by atoms with Crippen LogP contribution in [0.25, 0.3) is 0 Å². The Morgan fingerprint density at radius 1 is 1.23 bits per heavy atom. The van der Waals surface area contributed by atoms with E-state index in [0.29, 0.717) is 6.29 Å². The van der Waals surface area contributed by atoms with Gasteiger partial charge < -0.3 is 14.8 Å². The van der Waals surface area contributed by atoms with Crippen LogP contribution in [-0.2, 0) is 21.2 Å². The van der Waals surface area contributed by atoms with Crippen molar-refractivity contribution in [1.82, 2.24) is 10.3 Å². The number of aromatic nitrogens is 1. The van der Waals surface area contributed by atoms with E-state index in [2.05, 4.69) is 10.3 Å². The first-order chi connectivity index (χ1) is 9.87. The summed E-state index contributed by atoms with van der Waals surface area (Å²) in [6.07, 6.45) is -4.13. The highest BCUT2D eigenvalue weighted by Gasteiger charge is 2.35. The van der Waals surface area contributed by atoms with E-state index in [4.69, 9.17) is 4.74 Å². The summed E-state index contributed by atoms with van der Waals surface area (Å²) < 4.78 is 42.4. The van der Waals surface area contributed by atoms with Crippen molar-refractivity contribution in [3.8, 4) is 0 Å². The van der Waals surface area contributed by atoms with E-state index >= 15 is 0 Å². The SMILES string of the molecule is CC(C)(C)OC(=O)NC(C)(C=O)c1ccc(C(F)(F)F)nc1. The highest BCUT2D eigenvalue weighted by atomic mass is 19.4. The van der Waals surface area contributed by atoms with Gasteiger partial charge in [-0.1, -0.05) is 6.07 Å². The van der Waals surface area contributed by atoms with Crippen molar-refractivity contribution in [2.75, 3.05) is 0 Å². The molecule has 8 heteroatoms. The van der Waals surface area contributed by atoms with Crippen molar-refractivity contribution >= 4 is 12.4 Å². The zero-order chi connectivity index (χ0) is 17.2. The summed E-state index contributed by atoms with van der Waals surface area (Å²) in [5.41, 5.74) is -3.28. The molecular weight excluding hydrogens is 301 g/mol. The molecule has 0 aromatic carbocycles. The summed E-state index contributed by atoms with van der Waals surface area (Å²) in [5, 5.41) is 2.32. The van der Waals surface area contributed by atoms with Crippen molar-refractivity contribution in [3.63, 3.8) is 0 Å². The third-order valence-corrected chi connectivity index (χ3v) is 2.65. The molecule has 1 N–H and O–H groups in total. The van der Waals surface area contributed by atoms with Gasteiger partial charge in [0.05, 0.1) is 0 Å². The van der Waals surface area contributed by atoms with Gasteiger partial charge in [-0.2, -0.15) is 13.2 Å². The number of hydrogen-bond acceptors (Lipinski definition) is 4. The number of hydrogen-bond donors (Lipinski definition) is 1. The van der Waals surface area contributed by atoms with Crippen molar-refractivity contribution in [2.45, 2.75) is 45.0 Å². The average molecular weight is 318 g/mol. The molecule has 1 aromatic heterocycles. The number of halogens is 3. The van der Waals surface area contributed by atoms with E-state index in [1.54, 1.807) is 20.8 Å². The number of nitrogens with one attached hydrogen (secondary N) is 1. The average Bonchev–Trinajstić information content (AvgIpc) is 2.35. The number of alkyl carbamates (subject to hydrolysis) is 1. The Kier molecular flexibility index (Phi) is 4.84. The Balaban J connectivity index is 2.99. The minimum atomic E-state index is -4.57. The highest BCUT2D eigenvalue weighted by Crippen LogP contribution is 2.28. The molecule has 0 spiro atoms. The van der Waals surface area contributed by atoms with E-state index < -0.39 is 29.1 Å². The number of carbonyl (C=O) groups excluding carboxylic acids is 2. The molecule has 1 amide bonds. The molecule has 122 valence electrons. The topological polar surface area (TPSA) is 68.3 Å². The van der Waals surface area contributed by atoms with Crippen LogP contribution < -0.4 is 5.32 Å². The Hall–Kier alpha value is -2.12. The maximum Gasteiger partial charge on any atom is 0.433 e. The summed E-state index contributed by atoms with van der Waals surface area (Å²) >= 11 is 0. The van der Waals surface area contributed by atoms with Gasteiger partial charge in [-0.3, -0.25) is 4.98 Å². The van der Waals surface area contributed by atoms with Gasteiger partial charge in [-0.25, -0.2) is 4.79 Å². The largest absolute Gasteiger partial charge is 0.444 e. The summed E-state index contributed by atoms with van der Waals surface area (Å²) in [7, 11) is 0. The smallest absolute Gasteiger partial charge is 0.433 e. The molecule has 1 aromatic rings. The van der Waals surface area contributed by atoms with Gasteiger partial charge in [-0.15, -0.1) is 0 Å². The Labute approximate surface area is 125 Å². The van der Waals surface area contributed by atoms with Crippen LogP contribution in [0, 0.1) is 0 Å². The van der Waals surface area contributed by atoms with Crippen LogP contribution in [0.2, 0.25) is 0 Å². The van der Waals surface area contributed by atoms with Crippen LogP contribution in [0.1, 0.15) is 39.0 Å². The van der Waals surface area contributed by atoms with Gasteiger partial charge in [0.2, 0.25) is 0 Å². The van der Waals surface area contributed by atoms with Crippen LogP contribution in [0.5, 0.6) is 0 Å². The molecule has 0 aliphatic rings. The number of amides is 1. The molecule has 0 bridgehead atoms. The lowest BCUT2D eigenvalue weighted by Crippen LogP contribution is -2.47. The van der Waals surface area contributed by atoms with Gasteiger partial charge in [0.25, 0.3) is 0 Å². The second-order valence-corrected chi connectivity index (χ2v) is 5.88. The standard InChI is InChI=1S/C14H17F3N2O3/c1-12(2,3)22-11(21)19-13(4,8-20)9-5-6-10(18-7-9)14(15,16)17/h5-8H,1-4H3,(H,19,21). The minimum absolute atomic E-state index is 0.112. The third kappa shape index (κ3) is 4.71. The zero-order valence-corrected chi connectivity index (χ0v) is 12.6. The lowest BCUT2D eigenvalue weighted by Gasteiger charge is -2.27. The van der Waals surface area contributed by atoms with Crippen molar-refractivity contribution in [1.29, 1.82) is 0 Å². The van der Waals surface area contributed by atoms with Gasteiger partial charge in [-0.05, 0) is 33.8 Å². The molecule has 0 aliphatic heterocycles. The molecule has 0 radical (unpaired) electrons. The van der Waals surface area contributed by atoms with Crippen molar-refractivity contribution in [2.24, 2.45) is 0 Å². The van der Waals surface area contributed by atoms with Crippen molar-refractivity contribution in [3.05, 3.63) is 29.6 Å². The quantitative estimate of drug-likeness (QED) is 0.870. The van der Waals surface area contributed by atoms with Crippen LogP contribution >= 0.6 is 0 Å². The number of ether oxygens (including phenoxy) is 1. The lowest BCUT2D eigenvalue weighted by atomic mass is 9.95. The predicted octanol–water partition coefficient (Wildman–Crippen LogP) is 3.04. The van der Waals surface area contributed by atoms with E-state index in [1.165, 1.54) is 6.92 Å². The zero-order valence-electron chi connectivity index (χ0n) is 12.6. The second-order valence-electron chi connectivity index (χ2n) is 5.88. The molecule has 0 aliphatic carbocycles. The van der Waals surface area contributed by atoms with Gasteiger partial charge in [0.1, 0.15) is 23.1 Å². The van der Waals surface area contributed by atoms with E-state index in [-0.39, 0.29) is 5.56 Å². The monoisotopic (exact) mass is 318 g/mol. The van der Waals surface area contributed by atoms with E-state index in [9.17, 15) is 22.8 Å². The molecule has 1 unspecified atom stereocenters. The Morgan fingerprint density at radius 2 is 1.82 bits per heavy atom. The Bertz CT molecular complexity index is 550. The number of carbonyl (C=O) groups is 2. The van der Waals surface area contributed by atoms with Crippen molar-refractivity contribution < 1.29 is 27.5 Å². The number of aldehydes is 1. The number of rotatable bonds is 3. The van der Waals surface area contributed by atoms with Gasteiger partial charge in [0, 0.05) is 11.8 Å². The molecule has 0 saturated heterocycles. The maximum atomic E-state index is 12.5. The molecule has 22 heavy (non-hydrogen) atoms. The molecule has 1 atom stereocenters. The van der Waals surface area contributed by atoms with Gasteiger partial charge >= 0.3 is 12.3 Å². The minimum Gasteiger partial charge on any atom is -0.444 e. The molecule has 5 nitrogen and oxygen atoms in total. The first-order valence-electron chi connectivity index (χ1n) is 6.38. The van der Waals surface area contributed by atoms with Crippen LogP contribution in [0.3, 0.4) is 0 Å². The molecule has 1 rings (SSSR count). The highest BCUT2D eigenvalue weighted by molar-refractivity contribution is 5.77. The Morgan fingerprint density at radius 3 is 2.18 bits per heavy atom. The molecule has 0 fully saturated rings. The molecular formula is C14H17F3N2O3. The first-order valence-corrected chi connectivity index (χ1v) is 6.38. The first kappa shape index (κ1) is 17.9. The summed E-state index contributed by atoms with van der Waals surface area (Å²) in [4.78, 5) is 26.3. The normalized spacial score (nSPS) is 14.9. The van der Waals surface area contributed by atoms with Crippen LogP contribution in [0.15, 0.2) is 18.3 Å². The predicted molar refractivity (Wildman–Crippen MR) is 72.0 cm³/mol. The summed E-state index contributed by atoms with van der Waals surface area (Å²) in [6, 6.07) is 1.83. The third-order valence-electron chi connectivity index (χ3n) is 2.65. The summed E-state index contributed by atoms with van der Waals surface area (Å²) in [6.45, 7) is 6.27. The fourth-order valence-corrected chi connectivity index (χ4v) is 1.55. The van der Waals surface area contributed by atoms with E-state index in [1.807, 2.05) is 0 Å². The fraction of sp³-hybridized carbons (Fsp3) is 0.500. The maximum absolute atomic E-state index is 12.5. The number of pyridine rings is 1. The van der Waals surface area contributed by atoms with Crippen LogP contribution in [-0.4, -0.2) is 23.0 Å². The van der Waals surface area contributed by atoms with Gasteiger partial charge in [0.15, 0.2) is 0 Å². The molecule has 1 heterocycles. The van der Waals surface area contributed by atoms with E-state index in [0.717, 1.165) is 18.3 Å². The number of nitrogens with zero attached hydrogens (tertiary/aromatic N) is 1.